The molecule has 0 fully saturated rings. The van der Waals surface area contributed by atoms with Crippen molar-refractivity contribution in [3.8, 4) is 33.4 Å². The van der Waals surface area contributed by atoms with E-state index in [1.807, 2.05) is 72.8 Å². The first-order valence-corrected chi connectivity index (χ1v) is 14.2. The van der Waals surface area contributed by atoms with E-state index >= 15 is 0 Å². The third kappa shape index (κ3) is 3.79. The molecule has 0 amide bonds. The maximum absolute atomic E-state index is 9.34. The van der Waals surface area contributed by atoms with Crippen molar-refractivity contribution in [1.82, 2.24) is 0 Å². The van der Waals surface area contributed by atoms with Gasteiger partial charge in [-0.3, -0.25) is 0 Å². The van der Waals surface area contributed by atoms with Gasteiger partial charge >= 0.3 is 0 Å². The Labute approximate surface area is 259 Å². The van der Waals surface area contributed by atoms with Gasteiger partial charge in [-0.05, 0) is 96.0 Å². The molecule has 200 valence electrons. The second-order valence-electron chi connectivity index (χ2n) is 10.7. The van der Waals surface area contributed by atoms with Gasteiger partial charge < -0.3 is 4.42 Å². The van der Waals surface area contributed by atoms with Crippen LogP contribution < -0.4 is 0 Å². The summed E-state index contributed by atoms with van der Waals surface area (Å²) in [5.74, 6) is 0. The Morgan fingerprint density at radius 1 is 0.395 bits per heavy atom. The minimum atomic E-state index is -0.485. The van der Waals surface area contributed by atoms with E-state index in [1.165, 1.54) is 0 Å². The normalized spacial score (nSPS) is 14.0. The number of rotatable bonds is 3. The predicted molar refractivity (Wildman–Crippen MR) is 183 cm³/mol. The zero-order valence-corrected chi connectivity index (χ0v) is 22.9. The van der Waals surface area contributed by atoms with E-state index in [1.54, 1.807) is 0 Å². The van der Waals surface area contributed by atoms with Crippen LogP contribution in [-0.2, 0) is 0 Å². The molecular formula is C42H26O. The summed E-state index contributed by atoms with van der Waals surface area (Å²) < 4.78 is 67.4. The largest absolute Gasteiger partial charge is 0.456 e. The number of hydrogen-bond donors (Lipinski definition) is 0. The van der Waals surface area contributed by atoms with Crippen LogP contribution in [0.1, 0.15) is 9.60 Å². The molecule has 1 heterocycles. The Hall–Kier alpha value is -5.66. The van der Waals surface area contributed by atoms with Gasteiger partial charge in [0.15, 0.2) is 0 Å². The molecule has 0 aliphatic rings. The zero-order chi connectivity index (χ0) is 34.4. The van der Waals surface area contributed by atoms with Gasteiger partial charge in [0.1, 0.15) is 11.2 Å². The number of hydrogen-bond acceptors (Lipinski definition) is 1. The van der Waals surface area contributed by atoms with E-state index in [2.05, 4.69) is 42.5 Å². The molecule has 1 heteroatoms. The lowest BCUT2D eigenvalue weighted by atomic mass is 9.85. The second kappa shape index (κ2) is 9.44. The molecule has 0 atom stereocenters. The molecule has 0 saturated carbocycles. The fourth-order valence-corrected chi connectivity index (χ4v) is 6.36. The first-order chi connectivity index (χ1) is 24.2. The fourth-order valence-electron chi connectivity index (χ4n) is 6.36. The van der Waals surface area contributed by atoms with Crippen LogP contribution in [0.4, 0.5) is 0 Å². The first-order valence-electron chi connectivity index (χ1n) is 17.7. The molecule has 0 aliphatic carbocycles. The minimum Gasteiger partial charge on any atom is -0.456 e. The van der Waals surface area contributed by atoms with Gasteiger partial charge in [0, 0.05) is 10.8 Å². The number of benzene rings is 8. The Morgan fingerprint density at radius 3 is 1.74 bits per heavy atom. The zero-order valence-electron chi connectivity index (χ0n) is 29.9. The van der Waals surface area contributed by atoms with Crippen LogP contribution in [0.2, 0.25) is 0 Å². The molecule has 0 saturated heterocycles. The summed E-state index contributed by atoms with van der Waals surface area (Å²) in [6.07, 6.45) is 0. The lowest BCUT2D eigenvalue weighted by Crippen LogP contribution is -1.91. The van der Waals surface area contributed by atoms with Crippen LogP contribution in [0.5, 0.6) is 0 Å². The van der Waals surface area contributed by atoms with Crippen molar-refractivity contribution in [2.24, 2.45) is 0 Å². The summed E-state index contributed by atoms with van der Waals surface area (Å²) in [4.78, 5) is 0. The number of fused-ring (bicyclic) bond motifs is 6. The van der Waals surface area contributed by atoms with Crippen molar-refractivity contribution in [3.63, 3.8) is 0 Å². The first kappa shape index (κ1) is 18.0. The van der Waals surface area contributed by atoms with Crippen LogP contribution in [0.3, 0.4) is 0 Å². The average Bonchev–Trinajstić information content (AvgIpc) is 3.51. The molecule has 0 bridgehead atoms. The van der Waals surface area contributed by atoms with Crippen LogP contribution in [0.15, 0.2) is 162 Å². The summed E-state index contributed by atoms with van der Waals surface area (Å²) in [7, 11) is 0. The second-order valence-corrected chi connectivity index (χ2v) is 10.7. The molecule has 9 aromatic rings. The van der Waals surface area contributed by atoms with Crippen LogP contribution in [0.25, 0.3) is 87.6 Å². The van der Waals surface area contributed by atoms with Crippen molar-refractivity contribution in [1.29, 1.82) is 0 Å². The van der Waals surface area contributed by atoms with Crippen molar-refractivity contribution in [3.05, 3.63) is 158 Å². The van der Waals surface area contributed by atoms with E-state index in [0.29, 0.717) is 5.56 Å². The molecule has 1 nitrogen and oxygen atoms in total. The maximum Gasteiger partial charge on any atom is 0.136 e. The van der Waals surface area contributed by atoms with Gasteiger partial charge in [-0.1, -0.05) is 127 Å². The van der Waals surface area contributed by atoms with Gasteiger partial charge in [-0.25, -0.2) is 0 Å². The fraction of sp³-hybridized carbons (Fsp3) is 0. The Kier molecular flexibility index (Phi) is 3.95. The van der Waals surface area contributed by atoms with Crippen molar-refractivity contribution in [2.45, 2.75) is 0 Å². The third-order valence-corrected chi connectivity index (χ3v) is 8.30. The highest BCUT2D eigenvalue weighted by Gasteiger charge is 2.18. The lowest BCUT2D eigenvalue weighted by molar-refractivity contribution is 0.669. The Morgan fingerprint density at radius 2 is 1.02 bits per heavy atom. The summed E-state index contributed by atoms with van der Waals surface area (Å²) in [5, 5.41) is 5.15. The van der Waals surface area contributed by atoms with E-state index in [-0.39, 0.29) is 40.5 Å². The summed E-state index contributed by atoms with van der Waals surface area (Å²) in [5.41, 5.74) is 6.43. The van der Waals surface area contributed by atoms with Crippen molar-refractivity contribution >= 4 is 54.3 Å². The highest BCUT2D eigenvalue weighted by atomic mass is 16.3. The van der Waals surface area contributed by atoms with E-state index < -0.39 is 18.1 Å². The molecular weight excluding hydrogens is 520 g/mol. The highest BCUT2D eigenvalue weighted by molar-refractivity contribution is 6.22. The molecule has 9 rings (SSSR count). The number of furan rings is 1. The van der Waals surface area contributed by atoms with Gasteiger partial charge in [-0.2, -0.15) is 0 Å². The van der Waals surface area contributed by atoms with Gasteiger partial charge in [-0.15, -0.1) is 0 Å². The maximum atomic E-state index is 9.34. The molecule has 43 heavy (non-hydrogen) atoms. The Balaban J connectivity index is 1.33. The smallest absolute Gasteiger partial charge is 0.136 e. The summed E-state index contributed by atoms with van der Waals surface area (Å²) >= 11 is 0. The minimum absolute atomic E-state index is 0.0602. The molecule has 0 aliphatic heterocycles. The highest BCUT2D eigenvalue weighted by Crippen LogP contribution is 2.45. The van der Waals surface area contributed by atoms with Crippen molar-refractivity contribution in [2.75, 3.05) is 0 Å². The van der Waals surface area contributed by atoms with E-state index in [4.69, 9.17) is 12.6 Å². The summed E-state index contributed by atoms with van der Waals surface area (Å²) in [6.45, 7) is 0. The molecule has 0 spiro atoms. The third-order valence-electron chi connectivity index (χ3n) is 8.30. The quantitative estimate of drug-likeness (QED) is 0.198. The van der Waals surface area contributed by atoms with Crippen LogP contribution in [0, 0.1) is 0 Å². The van der Waals surface area contributed by atoms with Gasteiger partial charge in [0.2, 0.25) is 0 Å². The molecule has 1 aromatic heterocycles. The average molecular weight is 554 g/mol. The van der Waals surface area contributed by atoms with E-state index in [0.717, 1.165) is 65.7 Å². The predicted octanol–water partition coefficient (Wildman–Crippen LogP) is 12.0. The van der Waals surface area contributed by atoms with Crippen LogP contribution in [-0.4, -0.2) is 0 Å². The Bertz CT molecular complexity index is 2840. The topological polar surface area (TPSA) is 13.1 Å². The lowest BCUT2D eigenvalue weighted by Gasteiger charge is -2.18. The molecule has 0 unspecified atom stereocenters. The molecule has 0 radical (unpaired) electrons. The summed E-state index contributed by atoms with van der Waals surface area (Å²) in [6, 6.07) is 35.8. The van der Waals surface area contributed by atoms with Gasteiger partial charge in [0.05, 0.1) is 9.60 Å². The monoisotopic (exact) mass is 553 g/mol. The van der Waals surface area contributed by atoms with Gasteiger partial charge in [0.25, 0.3) is 0 Å². The van der Waals surface area contributed by atoms with E-state index in [9.17, 15) is 1.37 Å². The van der Waals surface area contributed by atoms with Crippen LogP contribution >= 0.6 is 0 Å². The molecule has 0 N–H and O–H groups in total. The standard InChI is InChI=1S/C42H26O/c1-2-10-27(11-3-1)30-21-23-39-38(25-30)33-22-20-32(26-40(33)43-39)42-36-16-8-6-14-34(36)41(35-15-7-9-17-37(35)42)31-19-18-28-12-4-5-13-29(28)24-31/h1-26H/i4D,5D,12D,13D,18D,19D,24D. The van der Waals surface area contributed by atoms with Crippen molar-refractivity contribution < 1.29 is 14.0 Å². The SMILES string of the molecule is [2H]c1c([2H])c([2H])c2c([2H])c(-c3c4ccccc4c(-c4ccc5c(c4)oc4ccc(-c6ccccc6)cc45)c4ccccc34)c([2H])c([2H])c2c1[2H]. The molecule has 8 aromatic carbocycles.